The molecule has 0 aliphatic carbocycles. The van der Waals surface area contributed by atoms with Gasteiger partial charge in [0.2, 0.25) is 5.91 Å². The Balaban J connectivity index is 1.93. The zero-order valence-electron chi connectivity index (χ0n) is 30.4. The van der Waals surface area contributed by atoms with E-state index in [1.54, 1.807) is 0 Å². The molecule has 1 aliphatic heterocycles. The summed E-state index contributed by atoms with van der Waals surface area (Å²) >= 11 is 0. The lowest BCUT2D eigenvalue weighted by Crippen LogP contribution is -2.36. The van der Waals surface area contributed by atoms with E-state index in [9.17, 15) is 15.0 Å². The van der Waals surface area contributed by atoms with E-state index in [0.717, 1.165) is 90.3 Å². The Labute approximate surface area is 285 Å². The van der Waals surface area contributed by atoms with E-state index >= 15 is 0 Å². The lowest BCUT2D eigenvalue weighted by Gasteiger charge is -2.20. The molecular weight excluding hydrogens is 570 g/mol. The molecule has 0 radical (unpaired) electrons. The number of unbranched alkanes of at least 4 members (excludes halogenated alkanes) is 16. The molecule has 0 saturated heterocycles. The summed E-state index contributed by atoms with van der Waals surface area (Å²) in [5.74, 6) is 1.42. The molecule has 0 aromatic heterocycles. The fraction of sp³-hybridized carbons (Fsp3) is 0.850. The summed E-state index contributed by atoms with van der Waals surface area (Å²) in [4.78, 5) is 19.4. The van der Waals surface area contributed by atoms with Gasteiger partial charge in [-0.3, -0.25) is 9.79 Å². The number of nitrogens with one attached hydrogen (secondary N) is 1. The number of amidine groups is 1. The van der Waals surface area contributed by atoms with Crippen LogP contribution in [0.3, 0.4) is 0 Å². The number of aliphatic hydroxyl groups excluding tert-OH is 2. The van der Waals surface area contributed by atoms with Crippen LogP contribution in [0, 0.1) is 0 Å². The zero-order valence-corrected chi connectivity index (χ0v) is 30.4. The number of nitrogens with zero attached hydrogens (tertiary/aromatic N) is 2. The third-order valence-electron chi connectivity index (χ3n) is 9.21. The Morgan fingerprint density at radius 3 is 1.83 bits per heavy atom. The quantitative estimate of drug-likeness (QED) is 0.0490. The van der Waals surface area contributed by atoms with E-state index in [0.29, 0.717) is 13.0 Å². The van der Waals surface area contributed by atoms with Crippen molar-refractivity contribution in [2.24, 2.45) is 4.99 Å². The minimum atomic E-state index is -0.175. The van der Waals surface area contributed by atoms with Gasteiger partial charge in [0.1, 0.15) is 0 Å². The molecule has 6 heteroatoms. The number of carbonyl (C=O) groups is 1. The summed E-state index contributed by atoms with van der Waals surface area (Å²) in [6.45, 7) is 7.89. The minimum absolute atomic E-state index is 0.163. The topological polar surface area (TPSA) is 85.2 Å². The molecule has 0 spiro atoms. The van der Waals surface area contributed by atoms with Gasteiger partial charge in [0.15, 0.2) is 0 Å². The van der Waals surface area contributed by atoms with Gasteiger partial charge in [-0.2, -0.15) is 0 Å². The Hall–Kier alpha value is -1.66. The van der Waals surface area contributed by atoms with Gasteiger partial charge in [-0.25, -0.2) is 0 Å². The first-order valence-electron chi connectivity index (χ1n) is 19.8. The van der Waals surface area contributed by atoms with Gasteiger partial charge < -0.3 is 20.4 Å². The monoisotopic (exact) mass is 646 g/mol. The molecule has 3 N–H and O–H groups in total. The standard InChI is InChI=1S/C40H75N3O3/c1-3-5-7-21-27-37(44)29-23-17-13-9-11-15-19-25-31-39-41-33-35-43(39)36-34-42-40(46)32-26-20-16-12-10-14-18-24-30-38(45)28-22-8-6-4-2/h17-18,23-24,37-38,44-45H,3-16,19-22,25-36H2,1-2H3,(H,42,46). The lowest BCUT2D eigenvalue weighted by atomic mass is 10.1. The fourth-order valence-electron chi connectivity index (χ4n) is 6.17. The largest absolute Gasteiger partial charge is 0.393 e. The second-order valence-corrected chi connectivity index (χ2v) is 13.7. The molecule has 1 rings (SSSR count). The number of hydrogen-bond acceptors (Lipinski definition) is 5. The number of aliphatic imine (C=N–C) groups is 1. The van der Waals surface area contributed by atoms with E-state index in [1.807, 2.05) is 0 Å². The molecule has 6 nitrogen and oxygen atoms in total. The Bertz CT molecular complexity index is 782. The Kier molecular flexibility index (Phi) is 29.4. The summed E-state index contributed by atoms with van der Waals surface area (Å²) in [7, 11) is 0. The van der Waals surface area contributed by atoms with Gasteiger partial charge in [-0.05, 0) is 64.2 Å². The van der Waals surface area contributed by atoms with Crippen molar-refractivity contribution in [3.8, 4) is 0 Å². The molecule has 2 unspecified atom stereocenters. The first-order valence-corrected chi connectivity index (χ1v) is 19.8. The van der Waals surface area contributed by atoms with Crippen molar-refractivity contribution in [1.82, 2.24) is 10.2 Å². The molecule has 0 aromatic carbocycles. The minimum Gasteiger partial charge on any atom is -0.393 e. The average molecular weight is 646 g/mol. The first-order chi connectivity index (χ1) is 22.6. The van der Waals surface area contributed by atoms with Crippen LogP contribution in [0.5, 0.6) is 0 Å². The van der Waals surface area contributed by atoms with Crippen LogP contribution >= 0.6 is 0 Å². The van der Waals surface area contributed by atoms with E-state index < -0.39 is 0 Å². The number of hydrogen-bond donors (Lipinski definition) is 3. The lowest BCUT2D eigenvalue weighted by molar-refractivity contribution is -0.121. The highest BCUT2D eigenvalue weighted by Gasteiger charge is 2.16. The number of aliphatic hydroxyl groups is 2. The molecule has 2 atom stereocenters. The first kappa shape index (κ1) is 42.4. The smallest absolute Gasteiger partial charge is 0.220 e. The van der Waals surface area contributed by atoms with Gasteiger partial charge in [0.05, 0.1) is 24.6 Å². The summed E-state index contributed by atoms with van der Waals surface area (Å²) in [6.07, 6.45) is 37.6. The normalized spacial score (nSPS) is 14.9. The maximum atomic E-state index is 12.3. The maximum absolute atomic E-state index is 12.3. The Morgan fingerprint density at radius 2 is 1.24 bits per heavy atom. The highest BCUT2D eigenvalue weighted by atomic mass is 16.3. The Morgan fingerprint density at radius 1 is 0.717 bits per heavy atom. The van der Waals surface area contributed by atoms with Crippen molar-refractivity contribution in [2.75, 3.05) is 26.2 Å². The van der Waals surface area contributed by atoms with Crippen molar-refractivity contribution >= 4 is 11.7 Å². The van der Waals surface area contributed by atoms with Crippen molar-refractivity contribution in [2.45, 2.75) is 193 Å². The third-order valence-corrected chi connectivity index (χ3v) is 9.21. The van der Waals surface area contributed by atoms with Gasteiger partial charge in [-0.15, -0.1) is 0 Å². The van der Waals surface area contributed by atoms with Crippen LogP contribution < -0.4 is 5.32 Å². The summed E-state index contributed by atoms with van der Waals surface area (Å²) in [5.41, 5.74) is 0. The predicted molar refractivity (Wildman–Crippen MR) is 199 cm³/mol. The average Bonchev–Trinajstić information content (AvgIpc) is 3.50. The van der Waals surface area contributed by atoms with Crippen molar-refractivity contribution in [3.05, 3.63) is 24.3 Å². The van der Waals surface area contributed by atoms with Crippen LogP contribution in [-0.2, 0) is 4.79 Å². The molecule has 1 aliphatic rings. The van der Waals surface area contributed by atoms with Crippen LogP contribution in [-0.4, -0.2) is 65.2 Å². The second kappa shape index (κ2) is 31.9. The van der Waals surface area contributed by atoms with Crippen LogP contribution in [0.15, 0.2) is 29.3 Å². The highest BCUT2D eigenvalue weighted by Crippen LogP contribution is 2.14. The highest BCUT2D eigenvalue weighted by molar-refractivity contribution is 5.83. The summed E-state index contributed by atoms with van der Waals surface area (Å²) in [6, 6.07) is 0. The van der Waals surface area contributed by atoms with Gasteiger partial charge in [0, 0.05) is 32.5 Å². The molecular formula is C40H75N3O3. The number of carbonyl (C=O) groups excluding carboxylic acids is 1. The molecule has 1 amide bonds. The third kappa shape index (κ3) is 26.4. The summed E-state index contributed by atoms with van der Waals surface area (Å²) in [5, 5.41) is 23.2. The van der Waals surface area contributed by atoms with E-state index in [1.165, 1.54) is 95.7 Å². The molecule has 0 aromatic rings. The van der Waals surface area contributed by atoms with Crippen LogP contribution in [0.1, 0.15) is 181 Å². The number of rotatable bonds is 33. The van der Waals surface area contributed by atoms with Gasteiger partial charge in [-0.1, -0.05) is 128 Å². The van der Waals surface area contributed by atoms with Gasteiger partial charge >= 0.3 is 0 Å². The zero-order chi connectivity index (χ0) is 33.3. The molecule has 1 heterocycles. The van der Waals surface area contributed by atoms with E-state index in [4.69, 9.17) is 4.99 Å². The van der Waals surface area contributed by atoms with Crippen LogP contribution in [0.25, 0.3) is 0 Å². The molecule has 0 saturated carbocycles. The molecule has 0 fully saturated rings. The maximum Gasteiger partial charge on any atom is 0.220 e. The second-order valence-electron chi connectivity index (χ2n) is 13.7. The van der Waals surface area contributed by atoms with Gasteiger partial charge in [0.25, 0.3) is 0 Å². The fourth-order valence-corrected chi connectivity index (χ4v) is 6.17. The molecule has 46 heavy (non-hydrogen) atoms. The van der Waals surface area contributed by atoms with Crippen molar-refractivity contribution in [3.63, 3.8) is 0 Å². The van der Waals surface area contributed by atoms with Crippen molar-refractivity contribution in [1.29, 1.82) is 0 Å². The number of amides is 1. The summed E-state index contributed by atoms with van der Waals surface area (Å²) < 4.78 is 0. The predicted octanol–water partition coefficient (Wildman–Crippen LogP) is 9.83. The SMILES string of the molecule is CCCCCCC(O)CC=CCCCCCCCC(=O)NCCN1CCN=C1CCCCCCCC=CCC(O)CCCCCC. The van der Waals surface area contributed by atoms with Crippen LogP contribution in [0.2, 0.25) is 0 Å². The molecule has 268 valence electrons. The molecule has 0 bridgehead atoms. The van der Waals surface area contributed by atoms with E-state index in [-0.39, 0.29) is 18.1 Å². The van der Waals surface area contributed by atoms with Crippen LogP contribution in [0.4, 0.5) is 0 Å². The van der Waals surface area contributed by atoms with Crippen molar-refractivity contribution < 1.29 is 15.0 Å². The van der Waals surface area contributed by atoms with E-state index in [2.05, 4.69) is 48.4 Å². The number of allylic oxidation sites excluding steroid dienone is 2.